The fourth-order valence-corrected chi connectivity index (χ4v) is 1.83. The summed E-state index contributed by atoms with van der Waals surface area (Å²) in [6, 6.07) is 8.14. The highest BCUT2D eigenvalue weighted by Crippen LogP contribution is 2.13. The molecule has 1 aromatic carbocycles. The second-order valence-electron chi connectivity index (χ2n) is 5.03. The van der Waals surface area contributed by atoms with Crippen molar-refractivity contribution in [3.63, 3.8) is 0 Å². The van der Waals surface area contributed by atoms with Gasteiger partial charge in [0.1, 0.15) is 0 Å². The zero-order chi connectivity index (χ0) is 14.5. The van der Waals surface area contributed by atoms with Gasteiger partial charge < -0.3 is 10.6 Å². The lowest BCUT2D eigenvalue weighted by molar-refractivity contribution is -0.114. The Morgan fingerprint density at radius 2 is 1.95 bits per heavy atom. The highest BCUT2D eigenvalue weighted by atomic mass is 16.1. The molecule has 1 aromatic heterocycles. The van der Waals surface area contributed by atoms with Crippen LogP contribution >= 0.6 is 0 Å². The summed E-state index contributed by atoms with van der Waals surface area (Å²) < 4.78 is 1.92. The van der Waals surface area contributed by atoms with Crippen LogP contribution < -0.4 is 10.6 Å². The summed E-state index contributed by atoms with van der Waals surface area (Å²) >= 11 is 0. The summed E-state index contributed by atoms with van der Waals surface area (Å²) in [5, 5.41) is 10.4. The van der Waals surface area contributed by atoms with Crippen molar-refractivity contribution in [2.24, 2.45) is 0 Å². The molecule has 20 heavy (non-hydrogen) atoms. The highest BCUT2D eigenvalue weighted by Gasteiger charge is 2.01. The predicted molar refractivity (Wildman–Crippen MR) is 80.7 cm³/mol. The SMILES string of the molecule is CC(=O)Nc1ccc(CNc2cnn(C(C)C)c2)cc1. The summed E-state index contributed by atoms with van der Waals surface area (Å²) in [6.07, 6.45) is 3.82. The molecule has 2 N–H and O–H groups in total. The average Bonchev–Trinajstić information content (AvgIpc) is 2.86. The zero-order valence-corrected chi connectivity index (χ0v) is 12.1. The number of hydrogen-bond donors (Lipinski definition) is 2. The van der Waals surface area contributed by atoms with Gasteiger partial charge in [-0.1, -0.05) is 12.1 Å². The number of amides is 1. The van der Waals surface area contributed by atoms with Gasteiger partial charge in [0.25, 0.3) is 0 Å². The standard InChI is InChI=1S/C15H20N4O/c1-11(2)19-10-15(9-17-19)16-8-13-4-6-14(7-5-13)18-12(3)20/h4-7,9-11,16H,8H2,1-3H3,(H,18,20). The van der Waals surface area contributed by atoms with Crippen LogP contribution in [0.3, 0.4) is 0 Å². The third-order valence-corrected chi connectivity index (χ3v) is 2.90. The molecule has 1 heterocycles. The van der Waals surface area contributed by atoms with Crippen LogP contribution in [0.15, 0.2) is 36.7 Å². The van der Waals surface area contributed by atoms with Crippen molar-refractivity contribution in [2.75, 3.05) is 10.6 Å². The monoisotopic (exact) mass is 272 g/mol. The van der Waals surface area contributed by atoms with Crippen LogP contribution in [0.4, 0.5) is 11.4 Å². The Morgan fingerprint density at radius 3 is 2.50 bits per heavy atom. The number of aromatic nitrogens is 2. The van der Waals surface area contributed by atoms with Gasteiger partial charge in [-0.2, -0.15) is 5.10 Å². The van der Waals surface area contributed by atoms with E-state index in [2.05, 4.69) is 29.6 Å². The predicted octanol–water partition coefficient (Wildman–Crippen LogP) is 3.03. The van der Waals surface area contributed by atoms with Gasteiger partial charge in [0.05, 0.1) is 11.9 Å². The molecule has 106 valence electrons. The number of anilines is 2. The number of benzene rings is 1. The molecule has 0 saturated carbocycles. The molecule has 1 amide bonds. The largest absolute Gasteiger partial charge is 0.378 e. The topological polar surface area (TPSA) is 59.0 Å². The van der Waals surface area contributed by atoms with Gasteiger partial charge in [-0.05, 0) is 31.5 Å². The number of hydrogen-bond acceptors (Lipinski definition) is 3. The van der Waals surface area contributed by atoms with E-state index in [4.69, 9.17) is 0 Å². The van der Waals surface area contributed by atoms with E-state index < -0.39 is 0 Å². The normalized spacial score (nSPS) is 10.6. The van der Waals surface area contributed by atoms with Crippen molar-refractivity contribution < 1.29 is 4.79 Å². The Labute approximate surface area is 119 Å². The lowest BCUT2D eigenvalue weighted by Gasteiger charge is -2.06. The molecule has 0 atom stereocenters. The first kappa shape index (κ1) is 14.1. The number of carbonyl (C=O) groups is 1. The highest BCUT2D eigenvalue weighted by molar-refractivity contribution is 5.88. The molecule has 2 rings (SSSR count). The average molecular weight is 272 g/mol. The molecule has 2 aromatic rings. The zero-order valence-electron chi connectivity index (χ0n) is 12.1. The molecule has 0 radical (unpaired) electrons. The van der Waals surface area contributed by atoms with Crippen molar-refractivity contribution in [1.29, 1.82) is 0 Å². The molecular weight excluding hydrogens is 252 g/mol. The smallest absolute Gasteiger partial charge is 0.221 e. The number of nitrogens with one attached hydrogen (secondary N) is 2. The molecule has 5 heteroatoms. The molecule has 0 aliphatic heterocycles. The van der Waals surface area contributed by atoms with Crippen molar-refractivity contribution in [3.05, 3.63) is 42.2 Å². The fourth-order valence-electron chi connectivity index (χ4n) is 1.83. The van der Waals surface area contributed by atoms with Gasteiger partial charge in [-0.3, -0.25) is 9.48 Å². The first-order chi connectivity index (χ1) is 9.54. The van der Waals surface area contributed by atoms with E-state index in [1.165, 1.54) is 6.92 Å². The molecule has 0 fully saturated rings. The Hall–Kier alpha value is -2.30. The van der Waals surface area contributed by atoms with Crippen molar-refractivity contribution in [2.45, 2.75) is 33.4 Å². The van der Waals surface area contributed by atoms with E-state index >= 15 is 0 Å². The second kappa shape index (κ2) is 6.23. The van der Waals surface area contributed by atoms with Gasteiger partial charge in [0, 0.05) is 31.4 Å². The Morgan fingerprint density at radius 1 is 1.25 bits per heavy atom. The maximum absolute atomic E-state index is 10.9. The summed E-state index contributed by atoms with van der Waals surface area (Å²) in [6.45, 7) is 6.42. The molecule has 5 nitrogen and oxygen atoms in total. The Balaban J connectivity index is 1.91. The maximum atomic E-state index is 10.9. The third-order valence-electron chi connectivity index (χ3n) is 2.90. The molecular formula is C15H20N4O. The van der Waals surface area contributed by atoms with Gasteiger partial charge in [-0.15, -0.1) is 0 Å². The first-order valence-corrected chi connectivity index (χ1v) is 6.69. The minimum absolute atomic E-state index is 0.0584. The van der Waals surface area contributed by atoms with Crippen LogP contribution in [0.25, 0.3) is 0 Å². The summed E-state index contributed by atoms with van der Waals surface area (Å²) in [7, 11) is 0. The fraction of sp³-hybridized carbons (Fsp3) is 0.333. The van der Waals surface area contributed by atoms with Gasteiger partial charge in [0.15, 0.2) is 0 Å². The molecule has 0 unspecified atom stereocenters. The Bertz CT molecular complexity index is 572. The number of nitrogens with zero attached hydrogens (tertiary/aromatic N) is 2. The van der Waals surface area contributed by atoms with Gasteiger partial charge in [-0.25, -0.2) is 0 Å². The summed E-state index contributed by atoms with van der Waals surface area (Å²) in [5.41, 5.74) is 2.97. The second-order valence-corrected chi connectivity index (χ2v) is 5.03. The van der Waals surface area contributed by atoms with E-state index in [0.29, 0.717) is 6.04 Å². The minimum Gasteiger partial charge on any atom is -0.378 e. The summed E-state index contributed by atoms with van der Waals surface area (Å²) in [4.78, 5) is 10.9. The number of carbonyl (C=O) groups excluding carboxylic acids is 1. The molecule has 0 spiro atoms. The number of rotatable bonds is 5. The molecule has 0 aliphatic carbocycles. The van der Waals surface area contributed by atoms with Crippen molar-refractivity contribution >= 4 is 17.3 Å². The lowest BCUT2D eigenvalue weighted by Crippen LogP contribution is -2.06. The lowest BCUT2D eigenvalue weighted by atomic mass is 10.2. The Kier molecular flexibility index (Phi) is 4.40. The van der Waals surface area contributed by atoms with E-state index in [0.717, 1.165) is 23.5 Å². The van der Waals surface area contributed by atoms with Gasteiger partial charge >= 0.3 is 0 Å². The van der Waals surface area contributed by atoms with Crippen molar-refractivity contribution in [1.82, 2.24) is 9.78 Å². The van der Waals surface area contributed by atoms with E-state index in [1.54, 1.807) is 0 Å². The first-order valence-electron chi connectivity index (χ1n) is 6.69. The van der Waals surface area contributed by atoms with E-state index in [9.17, 15) is 4.79 Å². The third kappa shape index (κ3) is 3.85. The molecule has 0 aliphatic rings. The maximum Gasteiger partial charge on any atom is 0.221 e. The van der Waals surface area contributed by atoms with Crippen LogP contribution in [0.2, 0.25) is 0 Å². The summed E-state index contributed by atoms with van der Waals surface area (Å²) in [5.74, 6) is -0.0584. The molecule has 0 saturated heterocycles. The van der Waals surface area contributed by atoms with Crippen LogP contribution in [0.5, 0.6) is 0 Å². The van der Waals surface area contributed by atoms with Crippen molar-refractivity contribution in [3.8, 4) is 0 Å². The van der Waals surface area contributed by atoms with Crippen LogP contribution in [-0.4, -0.2) is 15.7 Å². The molecule has 0 bridgehead atoms. The quantitative estimate of drug-likeness (QED) is 0.879. The van der Waals surface area contributed by atoms with Crippen LogP contribution in [-0.2, 0) is 11.3 Å². The van der Waals surface area contributed by atoms with E-state index in [1.807, 2.05) is 41.3 Å². The minimum atomic E-state index is -0.0584. The van der Waals surface area contributed by atoms with E-state index in [-0.39, 0.29) is 5.91 Å². The van der Waals surface area contributed by atoms with Crippen LogP contribution in [0.1, 0.15) is 32.4 Å². The van der Waals surface area contributed by atoms with Gasteiger partial charge in [0.2, 0.25) is 5.91 Å². The van der Waals surface area contributed by atoms with Crippen LogP contribution in [0, 0.1) is 0 Å².